The van der Waals surface area contributed by atoms with E-state index in [4.69, 9.17) is 9.47 Å². The van der Waals surface area contributed by atoms with E-state index in [1.807, 2.05) is 37.3 Å². The topological polar surface area (TPSA) is 59.6 Å². The number of ether oxygens (including phenoxy) is 2. The number of rotatable bonds is 8. The average molecular weight is 400 g/mol. The number of aryl methyl sites for hydroxylation is 1. The van der Waals surface area contributed by atoms with E-state index < -0.39 is 0 Å². The summed E-state index contributed by atoms with van der Waals surface area (Å²) in [4.78, 5) is 12.2. The molecule has 1 aliphatic rings. The molecule has 2 N–H and O–H groups in total. The van der Waals surface area contributed by atoms with E-state index in [0.717, 1.165) is 29.7 Å². The van der Waals surface area contributed by atoms with Gasteiger partial charge in [-0.3, -0.25) is 0 Å². The second-order valence-corrected chi connectivity index (χ2v) is 7.48. The molecular weight excluding hydrogens is 371 g/mol. The Hall–Kier alpha value is -2.60. The largest absolute Gasteiger partial charge is 0.493 e. The lowest BCUT2D eigenvalue weighted by atomic mass is 9.74. The molecule has 2 amide bonds. The minimum Gasteiger partial charge on any atom is -0.493 e. The first kappa shape index (κ1) is 21.1. The third kappa shape index (κ3) is 5.94. The Bertz CT molecular complexity index is 806. The summed E-state index contributed by atoms with van der Waals surface area (Å²) in [6.45, 7) is 4.73. The van der Waals surface area contributed by atoms with Crippen molar-refractivity contribution >= 4 is 6.03 Å². The smallest absolute Gasteiger partial charge is 0.314 e. The van der Waals surface area contributed by atoms with E-state index >= 15 is 0 Å². The second-order valence-electron chi connectivity index (χ2n) is 7.48. The van der Waals surface area contributed by atoms with Crippen molar-refractivity contribution in [2.45, 2.75) is 31.6 Å². The molecule has 1 fully saturated rings. The molecule has 1 aliphatic heterocycles. The molecule has 5 nitrogen and oxygen atoms in total. The zero-order valence-electron chi connectivity index (χ0n) is 16.9. The molecule has 1 heterocycles. The Morgan fingerprint density at radius 2 is 1.93 bits per heavy atom. The van der Waals surface area contributed by atoms with Gasteiger partial charge < -0.3 is 20.1 Å². The molecule has 2 aromatic carbocycles. The van der Waals surface area contributed by atoms with E-state index in [9.17, 15) is 9.18 Å². The summed E-state index contributed by atoms with van der Waals surface area (Å²) in [7, 11) is 0. The van der Waals surface area contributed by atoms with Gasteiger partial charge >= 0.3 is 6.03 Å². The van der Waals surface area contributed by atoms with Gasteiger partial charge in [0.15, 0.2) is 0 Å². The minimum atomic E-state index is -0.300. The maximum absolute atomic E-state index is 13.7. The van der Waals surface area contributed by atoms with Crippen molar-refractivity contribution in [3.05, 3.63) is 65.5 Å². The van der Waals surface area contributed by atoms with Crippen molar-refractivity contribution in [1.29, 1.82) is 0 Å². The number of amides is 2. The number of hydrogen-bond donors (Lipinski definition) is 2. The first-order valence-corrected chi connectivity index (χ1v) is 10.1. The molecule has 0 aromatic heterocycles. The highest BCUT2D eigenvalue weighted by Crippen LogP contribution is 2.34. The van der Waals surface area contributed by atoms with Crippen LogP contribution in [-0.2, 0) is 10.2 Å². The predicted molar refractivity (Wildman–Crippen MR) is 111 cm³/mol. The summed E-state index contributed by atoms with van der Waals surface area (Å²) < 4.78 is 25.0. The van der Waals surface area contributed by atoms with Gasteiger partial charge in [0.2, 0.25) is 0 Å². The van der Waals surface area contributed by atoms with Crippen molar-refractivity contribution in [1.82, 2.24) is 10.6 Å². The number of benzene rings is 2. The van der Waals surface area contributed by atoms with E-state index in [0.29, 0.717) is 39.3 Å². The van der Waals surface area contributed by atoms with E-state index in [1.54, 1.807) is 12.1 Å². The number of carbonyl (C=O) groups is 1. The average Bonchev–Trinajstić information content (AvgIpc) is 2.74. The van der Waals surface area contributed by atoms with Crippen LogP contribution in [0.15, 0.2) is 48.5 Å². The number of carbonyl (C=O) groups excluding carboxylic acids is 1. The van der Waals surface area contributed by atoms with Gasteiger partial charge in [0.25, 0.3) is 0 Å². The molecule has 0 radical (unpaired) electrons. The second kappa shape index (κ2) is 10.3. The molecule has 0 unspecified atom stereocenters. The van der Waals surface area contributed by atoms with Gasteiger partial charge in [0, 0.05) is 31.7 Å². The fraction of sp³-hybridized carbons (Fsp3) is 0.435. The molecule has 0 aliphatic carbocycles. The Morgan fingerprint density at radius 1 is 1.14 bits per heavy atom. The van der Waals surface area contributed by atoms with Crippen molar-refractivity contribution in [2.75, 3.05) is 32.9 Å². The standard InChI is InChI=1S/C23H29FN2O3/c1-18-6-2-3-9-21(18)29-13-5-12-25-22(27)26-17-23(10-14-28-15-11-23)19-7-4-8-20(24)16-19/h2-4,6-9,16H,5,10-15,17H2,1H3,(H2,25,26,27). The molecule has 156 valence electrons. The molecule has 29 heavy (non-hydrogen) atoms. The van der Waals surface area contributed by atoms with Crippen LogP contribution < -0.4 is 15.4 Å². The van der Waals surface area contributed by atoms with Crippen molar-refractivity contribution in [3.8, 4) is 5.75 Å². The lowest BCUT2D eigenvalue weighted by Gasteiger charge is -2.38. The summed E-state index contributed by atoms with van der Waals surface area (Å²) in [6.07, 6.45) is 2.21. The van der Waals surface area contributed by atoms with Gasteiger partial charge in [0.1, 0.15) is 11.6 Å². The monoisotopic (exact) mass is 400 g/mol. The summed E-state index contributed by atoms with van der Waals surface area (Å²) >= 11 is 0. The first-order chi connectivity index (χ1) is 14.1. The van der Waals surface area contributed by atoms with E-state index in [-0.39, 0.29) is 17.3 Å². The Balaban J connectivity index is 1.44. The van der Waals surface area contributed by atoms with Crippen LogP contribution in [0.25, 0.3) is 0 Å². The van der Waals surface area contributed by atoms with Crippen molar-refractivity contribution in [3.63, 3.8) is 0 Å². The molecule has 0 atom stereocenters. The third-order valence-electron chi connectivity index (χ3n) is 5.43. The van der Waals surface area contributed by atoms with E-state index in [2.05, 4.69) is 10.6 Å². The van der Waals surface area contributed by atoms with Crippen LogP contribution in [0.4, 0.5) is 9.18 Å². The highest BCUT2D eigenvalue weighted by Gasteiger charge is 2.35. The first-order valence-electron chi connectivity index (χ1n) is 10.1. The molecule has 1 saturated heterocycles. The third-order valence-corrected chi connectivity index (χ3v) is 5.43. The number of hydrogen-bond acceptors (Lipinski definition) is 3. The number of urea groups is 1. The molecule has 0 spiro atoms. The lowest BCUT2D eigenvalue weighted by molar-refractivity contribution is 0.0506. The zero-order chi connectivity index (χ0) is 20.5. The van der Waals surface area contributed by atoms with Gasteiger partial charge in [-0.2, -0.15) is 0 Å². The number of nitrogens with one attached hydrogen (secondary N) is 2. The summed E-state index contributed by atoms with van der Waals surface area (Å²) in [5, 5.41) is 5.83. The Morgan fingerprint density at radius 3 is 2.69 bits per heavy atom. The van der Waals surface area contributed by atoms with Crippen LogP contribution >= 0.6 is 0 Å². The molecule has 3 rings (SSSR count). The van der Waals surface area contributed by atoms with Gasteiger partial charge in [-0.25, -0.2) is 9.18 Å². The van der Waals surface area contributed by atoms with Crippen molar-refractivity contribution in [2.24, 2.45) is 0 Å². The summed E-state index contributed by atoms with van der Waals surface area (Å²) in [5.74, 6) is 0.611. The quantitative estimate of drug-likeness (QED) is 0.660. The Kier molecular flexibility index (Phi) is 7.47. The molecule has 0 saturated carbocycles. The van der Waals surface area contributed by atoms with Crippen LogP contribution in [0.3, 0.4) is 0 Å². The van der Waals surface area contributed by atoms with Gasteiger partial charge in [-0.1, -0.05) is 30.3 Å². The van der Waals surface area contributed by atoms with Crippen LogP contribution in [0, 0.1) is 12.7 Å². The normalized spacial score (nSPS) is 15.5. The molecule has 0 bridgehead atoms. The minimum absolute atomic E-state index is 0.219. The zero-order valence-corrected chi connectivity index (χ0v) is 16.9. The highest BCUT2D eigenvalue weighted by molar-refractivity contribution is 5.73. The molecule has 2 aromatic rings. The van der Waals surface area contributed by atoms with Crippen LogP contribution in [0.5, 0.6) is 5.75 Å². The van der Waals surface area contributed by atoms with Crippen LogP contribution in [-0.4, -0.2) is 38.9 Å². The van der Waals surface area contributed by atoms with E-state index in [1.165, 1.54) is 6.07 Å². The summed E-state index contributed by atoms with van der Waals surface area (Å²) in [5.41, 5.74) is 1.70. The molecular formula is C23H29FN2O3. The van der Waals surface area contributed by atoms with Crippen molar-refractivity contribution < 1.29 is 18.7 Å². The fourth-order valence-corrected chi connectivity index (χ4v) is 3.63. The van der Waals surface area contributed by atoms with Gasteiger partial charge in [-0.15, -0.1) is 0 Å². The van der Waals surface area contributed by atoms with Gasteiger partial charge in [0.05, 0.1) is 6.61 Å². The number of halogens is 1. The SMILES string of the molecule is Cc1ccccc1OCCCNC(=O)NCC1(c2cccc(F)c2)CCOCC1. The Labute approximate surface area is 171 Å². The maximum Gasteiger partial charge on any atom is 0.314 e. The summed E-state index contributed by atoms with van der Waals surface area (Å²) in [6, 6.07) is 14.3. The predicted octanol–water partition coefficient (Wildman–Crippen LogP) is 3.95. The van der Waals surface area contributed by atoms with Crippen LogP contribution in [0.2, 0.25) is 0 Å². The number of para-hydroxylation sites is 1. The highest BCUT2D eigenvalue weighted by atomic mass is 19.1. The maximum atomic E-state index is 13.7. The van der Waals surface area contributed by atoms with Crippen LogP contribution in [0.1, 0.15) is 30.4 Å². The molecule has 6 heteroatoms. The van der Waals surface area contributed by atoms with Gasteiger partial charge in [-0.05, 0) is 55.5 Å². The fourth-order valence-electron chi connectivity index (χ4n) is 3.63. The lowest BCUT2D eigenvalue weighted by Crippen LogP contribution is -2.47.